The number of sulfonamides is 1. The lowest BCUT2D eigenvalue weighted by Gasteiger charge is -2.34. The third kappa shape index (κ3) is 5.79. The number of hydrogen-bond acceptors (Lipinski definition) is 5. The molecule has 0 bridgehead atoms. The lowest BCUT2D eigenvalue weighted by atomic mass is 10.0. The summed E-state index contributed by atoms with van der Waals surface area (Å²) in [5, 5.41) is 11.9. The van der Waals surface area contributed by atoms with Crippen molar-refractivity contribution < 1.29 is 39.7 Å². The molecule has 2 aromatic carbocycles. The monoisotopic (exact) mass is 598 g/mol. The standard InChI is InChI=1S/C23H21ClF6N4O4S/c1-12-10-33(14-2-4-32(5-3-14)11-23(29,30)22(27)28)21-16(12)8-15(9-19(21)34(35)36)39(37,38)31-20-17(25)6-13(24)7-18(20)26/h6-10,14,22,31H,2-5,11H2,1H3. The molecule has 1 aliphatic rings. The number of fused-ring (bicyclic) bond motifs is 1. The summed E-state index contributed by atoms with van der Waals surface area (Å²) < 4.78 is 110. The van der Waals surface area contributed by atoms with E-state index in [1.807, 2.05) is 0 Å². The smallest absolute Gasteiger partial charge is 0.319 e. The summed E-state index contributed by atoms with van der Waals surface area (Å²) in [4.78, 5) is 11.8. The molecule has 4 rings (SSSR count). The van der Waals surface area contributed by atoms with Crippen LogP contribution in [0.15, 0.2) is 35.4 Å². The van der Waals surface area contributed by atoms with Crippen molar-refractivity contribution in [3.8, 4) is 0 Å². The van der Waals surface area contributed by atoms with Gasteiger partial charge >= 0.3 is 12.3 Å². The van der Waals surface area contributed by atoms with Crippen molar-refractivity contribution in [1.82, 2.24) is 9.47 Å². The highest BCUT2D eigenvalue weighted by Crippen LogP contribution is 2.38. The third-order valence-electron chi connectivity index (χ3n) is 6.53. The van der Waals surface area contributed by atoms with Crippen LogP contribution >= 0.6 is 11.6 Å². The number of aromatic nitrogens is 1. The molecule has 8 nitrogen and oxygen atoms in total. The maximum absolute atomic E-state index is 14.2. The number of nitro groups is 1. The molecule has 1 N–H and O–H groups in total. The minimum Gasteiger partial charge on any atom is -0.338 e. The molecule has 16 heteroatoms. The summed E-state index contributed by atoms with van der Waals surface area (Å²) in [7, 11) is -4.71. The van der Waals surface area contributed by atoms with Crippen LogP contribution in [-0.4, -0.2) is 54.8 Å². The van der Waals surface area contributed by atoms with Gasteiger partial charge in [0, 0.05) is 41.8 Å². The van der Waals surface area contributed by atoms with E-state index in [-0.39, 0.29) is 41.9 Å². The maximum atomic E-state index is 14.2. The molecule has 0 aliphatic carbocycles. The van der Waals surface area contributed by atoms with E-state index in [4.69, 9.17) is 11.6 Å². The summed E-state index contributed by atoms with van der Waals surface area (Å²) in [5.74, 6) is -6.76. The van der Waals surface area contributed by atoms with Gasteiger partial charge in [-0.05, 0) is 43.5 Å². The minimum atomic E-state index is -4.71. The Balaban J connectivity index is 1.68. The van der Waals surface area contributed by atoms with Gasteiger partial charge in [-0.1, -0.05) is 11.6 Å². The molecule has 0 saturated carbocycles. The Hall–Kier alpha value is -3.04. The molecule has 0 amide bonds. The van der Waals surface area contributed by atoms with Crippen LogP contribution in [0.2, 0.25) is 5.02 Å². The second kappa shape index (κ2) is 10.5. The van der Waals surface area contributed by atoms with Crippen molar-refractivity contribution in [2.24, 2.45) is 0 Å². The number of aryl methyl sites for hydroxylation is 1. The molecule has 0 radical (unpaired) electrons. The number of likely N-dealkylation sites (tertiary alicyclic amines) is 1. The van der Waals surface area contributed by atoms with Gasteiger partial charge in [-0.25, -0.2) is 26.0 Å². The van der Waals surface area contributed by atoms with Crippen molar-refractivity contribution in [2.45, 2.75) is 43.1 Å². The molecule has 0 spiro atoms. The molecule has 2 heterocycles. The second-order valence-electron chi connectivity index (χ2n) is 9.23. The normalized spacial score (nSPS) is 15.8. The van der Waals surface area contributed by atoms with Crippen LogP contribution in [0.5, 0.6) is 0 Å². The van der Waals surface area contributed by atoms with E-state index < -0.39 is 67.8 Å². The zero-order valence-corrected chi connectivity index (χ0v) is 21.7. The lowest BCUT2D eigenvalue weighted by Crippen LogP contribution is -2.45. The highest BCUT2D eigenvalue weighted by molar-refractivity contribution is 7.92. The Morgan fingerprint density at radius 1 is 1.15 bits per heavy atom. The summed E-state index contributed by atoms with van der Waals surface area (Å²) in [6.45, 7) is 0.525. The number of halogens is 7. The van der Waals surface area contributed by atoms with Gasteiger partial charge in [-0.3, -0.25) is 19.7 Å². The van der Waals surface area contributed by atoms with Crippen LogP contribution in [0.3, 0.4) is 0 Å². The first-order valence-electron chi connectivity index (χ1n) is 11.5. The van der Waals surface area contributed by atoms with Crippen molar-refractivity contribution in [3.05, 3.63) is 62.8 Å². The predicted molar refractivity (Wildman–Crippen MR) is 131 cm³/mol. The zero-order chi connectivity index (χ0) is 28.9. The number of nitrogens with zero attached hydrogens (tertiary/aromatic N) is 3. The SMILES string of the molecule is Cc1cn(C2CCN(CC(F)(F)C(F)F)CC2)c2c([N+](=O)[O-])cc(S(=O)(=O)Nc3c(F)cc(Cl)cc3F)cc12. The third-order valence-corrected chi connectivity index (χ3v) is 8.08. The topological polar surface area (TPSA) is 97.5 Å². The highest BCUT2D eigenvalue weighted by Gasteiger charge is 2.43. The van der Waals surface area contributed by atoms with E-state index >= 15 is 0 Å². The van der Waals surface area contributed by atoms with Crippen LogP contribution in [0, 0.1) is 28.7 Å². The summed E-state index contributed by atoms with van der Waals surface area (Å²) >= 11 is 5.56. The number of alkyl halides is 4. The van der Waals surface area contributed by atoms with Crippen LogP contribution < -0.4 is 4.72 Å². The van der Waals surface area contributed by atoms with Gasteiger partial charge in [0.25, 0.3) is 15.7 Å². The molecule has 0 unspecified atom stereocenters. The molecule has 1 aliphatic heterocycles. The van der Waals surface area contributed by atoms with Gasteiger partial charge in [-0.15, -0.1) is 0 Å². The first-order chi connectivity index (χ1) is 18.1. The van der Waals surface area contributed by atoms with Gasteiger partial charge in [0.2, 0.25) is 0 Å². The van der Waals surface area contributed by atoms with Crippen molar-refractivity contribution in [3.63, 3.8) is 0 Å². The van der Waals surface area contributed by atoms with Crippen LogP contribution in [-0.2, 0) is 10.0 Å². The molecule has 212 valence electrons. The van der Waals surface area contributed by atoms with Gasteiger partial charge < -0.3 is 4.57 Å². The molecule has 1 saturated heterocycles. The van der Waals surface area contributed by atoms with E-state index in [1.165, 1.54) is 4.90 Å². The average Bonchev–Trinajstić information content (AvgIpc) is 3.17. The van der Waals surface area contributed by atoms with E-state index in [2.05, 4.69) is 0 Å². The van der Waals surface area contributed by atoms with E-state index in [0.717, 1.165) is 12.1 Å². The van der Waals surface area contributed by atoms with Gasteiger partial charge in [0.05, 0.1) is 16.4 Å². The molecular weight excluding hydrogens is 578 g/mol. The van der Waals surface area contributed by atoms with Crippen LogP contribution in [0.4, 0.5) is 37.7 Å². The quantitative estimate of drug-likeness (QED) is 0.191. The second-order valence-corrected chi connectivity index (χ2v) is 11.4. The van der Waals surface area contributed by atoms with Gasteiger partial charge in [0.1, 0.15) is 11.2 Å². The first-order valence-corrected chi connectivity index (χ1v) is 13.3. The maximum Gasteiger partial charge on any atom is 0.319 e. The highest BCUT2D eigenvalue weighted by atomic mass is 35.5. The van der Waals surface area contributed by atoms with Gasteiger partial charge in [-0.2, -0.15) is 8.78 Å². The molecule has 1 fully saturated rings. The zero-order valence-electron chi connectivity index (χ0n) is 20.1. The van der Waals surface area contributed by atoms with Crippen LogP contribution in [0.25, 0.3) is 10.9 Å². The fourth-order valence-corrected chi connectivity index (χ4v) is 5.96. The van der Waals surface area contributed by atoms with Gasteiger partial charge in [0.15, 0.2) is 11.6 Å². The number of hydrogen-bond donors (Lipinski definition) is 1. The number of piperidine rings is 1. The Kier molecular flexibility index (Phi) is 7.80. The largest absolute Gasteiger partial charge is 0.338 e. The average molecular weight is 599 g/mol. The molecule has 3 aromatic rings. The van der Waals surface area contributed by atoms with Crippen molar-refractivity contribution in [2.75, 3.05) is 24.4 Å². The van der Waals surface area contributed by atoms with Crippen LogP contribution in [0.1, 0.15) is 24.4 Å². The predicted octanol–water partition coefficient (Wildman–Crippen LogP) is 6.13. The Bertz CT molecular complexity index is 1520. The Morgan fingerprint density at radius 3 is 2.28 bits per heavy atom. The summed E-state index contributed by atoms with van der Waals surface area (Å²) in [5.41, 5.74) is -1.11. The number of nitro benzene ring substituents is 1. The minimum absolute atomic E-state index is 0.0358. The van der Waals surface area contributed by atoms with Crippen molar-refractivity contribution in [1.29, 1.82) is 0 Å². The van der Waals surface area contributed by atoms with E-state index in [0.29, 0.717) is 17.7 Å². The van der Waals surface area contributed by atoms with E-state index in [1.54, 1.807) is 22.4 Å². The number of rotatable bonds is 8. The van der Waals surface area contributed by atoms with E-state index in [9.17, 15) is 44.9 Å². The van der Waals surface area contributed by atoms with Crippen molar-refractivity contribution >= 4 is 43.9 Å². The number of non-ortho nitro benzene ring substituents is 1. The first kappa shape index (κ1) is 29.0. The fraction of sp³-hybridized carbons (Fsp3) is 0.391. The summed E-state index contributed by atoms with van der Waals surface area (Å²) in [6, 6.07) is 2.84. The summed E-state index contributed by atoms with van der Waals surface area (Å²) in [6.07, 6.45) is -1.82. The number of nitrogens with one attached hydrogen (secondary N) is 1. The molecule has 39 heavy (non-hydrogen) atoms. The molecular formula is C23H21ClF6N4O4S. The number of anilines is 1. The molecule has 0 atom stereocenters. The fourth-order valence-electron chi connectivity index (χ4n) is 4.65. The lowest BCUT2D eigenvalue weighted by molar-refractivity contribution is -0.383. The Morgan fingerprint density at radius 2 is 1.74 bits per heavy atom. The Labute approximate surface area is 223 Å². The number of benzene rings is 2. The molecule has 1 aromatic heterocycles.